The lowest BCUT2D eigenvalue weighted by molar-refractivity contribution is -0.0259. The van der Waals surface area contributed by atoms with E-state index in [2.05, 4.69) is 51.3 Å². The van der Waals surface area contributed by atoms with Gasteiger partial charge in [0.25, 0.3) is 0 Å². The Labute approximate surface area is 749 Å². The first-order valence-corrected chi connectivity index (χ1v) is 40.3. The molecule has 5 saturated heterocycles. The van der Waals surface area contributed by atoms with Crippen molar-refractivity contribution in [1.82, 2.24) is 24.5 Å². The van der Waals surface area contributed by atoms with E-state index >= 15 is 0 Å². The van der Waals surface area contributed by atoms with E-state index in [1.54, 1.807) is 4.90 Å². The van der Waals surface area contributed by atoms with Crippen molar-refractivity contribution in [1.29, 1.82) is 0 Å². The summed E-state index contributed by atoms with van der Waals surface area (Å²) in [7, 11) is 0.591. The second-order valence-electron chi connectivity index (χ2n) is 33.2. The number of ether oxygens (including phenoxy) is 10. The smallest absolute Gasteiger partial charge is 0.161 e. The first-order chi connectivity index (χ1) is 70.4. The standard InChI is InChI=1S/C20H31NO3.4C19H29NO3/c1-20(2,3)11-14-12-21-7-6-13-8-18(23-4)19(24-5)9-15(13)16(21)10-17(14)22;4*1-12(2)7-14-11-20-6-5-13-8-18(22-3)19(23-4)9-15(13)16(20)10-17(14)21/h8-9,14,16-17,22H,6-7,10-12H2,1-5H3;4*8-9,12,14,16-17,21H,5-7,10-11H2,1-4H3/i1D3,2D3,5D3,8D,9D,10D2,11D2,14D,17D;4D3,8D,9D,10D2,14D,17D;4D3,8D,9D,16D;2*8D,9D,16D. The molecule has 5 aromatic carbocycles. The number of benzene rings is 5. The third-order valence-corrected chi connectivity index (χ3v) is 22.8. The number of fused-ring (bicyclic) bond motifs is 15. The van der Waals surface area contributed by atoms with Crippen LogP contribution in [0.15, 0.2) is 60.4 Å². The molecule has 116 heavy (non-hydrogen) atoms. The van der Waals surface area contributed by atoms with Crippen molar-refractivity contribution in [3.63, 3.8) is 0 Å². The van der Waals surface area contributed by atoms with Crippen LogP contribution in [0.3, 0.4) is 0 Å². The van der Waals surface area contributed by atoms with Gasteiger partial charge in [0.1, 0.15) is 0 Å². The molecule has 0 aromatic heterocycles. The zero-order valence-electron chi connectivity index (χ0n) is 108. The highest BCUT2D eigenvalue weighted by Gasteiger charge is 2.45. The third-order valence-electron chi connectivity index (χ3n) is 22.8. The SMILES string of the molecule is [2H]c1c2c(c([2H])c(OC([2H])([2H])[2H])c1OC)C1([2H])CC(O)C(CC(C)C)CN1CC2.[2H]c1c2c(c([2H])c(OC([2H])([2H])[2H])c1OC)C1N(CC2)CC([2H])(C([2H])([2H])C(C)(C([2H])([2H])[2H])C([2H])([2H])[2H])C([2H])(O)C1([2H])[2H].[2H]c1c2c(c([2H])c(OC([2H])([2H])[2H])c1OC)C1N(CC2)CC([2H])(CC(C)C)C([2H])(O)C1([2H])[2H].[2H]c1c2c(c([2H])c(OC)c1OC)C1([2H])CC(O)C(CC(C)C)CN1CC2.[2H]c1c2c(c([2H])c(OC)c1OC)C1([2H])CC(O)C(CC(C)C)CN1CC2. The Morgan fingerprint density at radius 1 is 0.379 bits per heavy atom. The van der Waals surface area contributed by atoms with Crippen LogP contribution < -0.4 is 47.4 Å². The summed E-state index contributed by atoms with van der Waals surface area (Å²) in [6.45, 7) is 12.3. The van der Waals surface area contributed by atoms with Gasteiger partial charge in [-0.1, -0.05) is 76.0 Å². The van der Waals surface area contributed by atoms with E-state index in [-0.39, 0.29) is 192 Å². The predicted molar refractivity (Wildman–Crippen MR) is 460 cm³/mol. The van der Waals surface area contributed by atoms with Crippen LogP contribution >= 0.6 is 0 Å². The highest BCUT2D eigenvalue weighted by atomic mass is 16.5. The number of methoxy groups -OCH3 is 10. The van der Waals surface area contributed by atoms with Gasteiger partial charge in [-0.3, -0.25) is 24.5 Å². The molecule has 0 bridgehead atoms. The third kappa shape index (κ3) is 21.3. The molecule has 0 aliphatic carbocycles. The summed E-state index contributed by atoms with van der Waals surface area (Å²) in [5.41, 5.74) is -0.376. The maximum Gasteiger partial charge on any atom is 0.161 e. The van der Waals surface area contributed by atoms with Crippen molar-refractivity contribution in [3.05, 3.63) is 116 Å². The number of aliphatic hydroxyl groups excluding tert-OH is 3. The van der Waals surface area contributed by atoms with Gasteiger partial charge in [-0.15, -0.1) is 0 Å². The molecule has 0 saturated carbocycles. The van der Waals surface area contributed by atoms with Gasteiger partial charge in [-0.25, -0.2) is 0 Å². The van der Waals surface area contributed by atoms with Crippen LogP contribution in [0, 0.1) is 58.6 Å². The van der Waals surface area contributed by atoms with Crippen LogP contribution in [-0.2, 0) is 32.1 Å². The van der Waals surface area contributed by atoms with Crippen molar-refractivity contribution in [2.75, 3.05) is 136 Å². The van der Waals surface area contributed by atoms with Gasteiger partial charge in [0, 0.05) is 115 Å². The molecule has 10 heterocycles. The molecule has 20 heteroatoms. The molecular formula is C96H147N5O15. The van der Waals surface area contributed by atoms with Gasteiger partial charge in [0.2, 0.25) is 0 Å². The quantitative estimate of drug-likeness (QED) is 0.0520. The molecule has 0 radical (unpaired) electrons. The second-order valence-corrected chi connectivity index (χ2v) is 33.2. The van der Waals surface area contributed by atoms with E-state index in [0.29, 0.717) is 111 Å². The maximum atomic E-state index is 11.4. The summed E-state index contributed by atoms with van der Waals surface area (Å²) < 4.78 is 367. The minimum Gasteiger partial charge on any atom is -0.493 e. The van der Waals surface area contributed by atoms with Crippen molar-refractivity contribution >= 4 is 0 Å². The molecule has 15 atom stereocenters. The van der Waals surface area contributed by atoms with E-state index in [9.17, 15) is 26.9 Å². The fourth-order valence-electron chi connectivity index (χ4n) is 17.6. The van der Waals surface area contributed by atoms with Crippen molar-refractivity contribution in [2.24, 2.45) is 58.6 Å². The molecule has 0 amide bonds. The van der Waals surface area contributed by atoms with Crippen LogP contribution in [-0.4, -0.2) is 217 Å². The number of rotatable bonds is 19. The Hall–Kier alpha value is -6.30. The number of piperidine rings is 5. The molecule has 0 spiro atoms. The van der Waals surface area contributed by atoms with Crippen LogP contribution in [0.25, 0.3) is 0 Å². The highest BCUT2D eigenvalue weighted by molar-refractivity contribution is 5.54. The largest absolute Gasteiger partial charge is 0.493 e. The minimum atomic E-state index is -3.85. The summed E-state index contributed by atoms with van der Waals surface area (Å²) in [5.74, 6) is -5.07. The Bertz CT molecular complexity index is 5760. The van der Waals surface area contributed by atoms with Gasteiger partial charge in [0.15, 0.2) is 57.5 Å². The molecular weight excluding hydrogens is 1460 g/mol. The normalized spacial score (nSPS) is 38.2. The van der Waals surface area contributed by atoms with Crippen LogP contribution in [0.5, 0.6) is 57.5 Å². The first-order valence-electron chi connectivity index (χ1n) is 59.3. The van der Waals surface area contributed by atoms with Gasteiger partial charge < -0.3 is 72.9 Å². The fourth-order valence-corrected chi connectivity index (χ4v) is 17.6. The van der Waals surface area contributed by atoms with Gasteiger partial charge in [0.05, 0.1) is 134 Å². The van der Waals surface area contributed by atoms with E-state index in [1.165, 1.54) is 42.7 Å². The minimum absolute atomic E-state index is 0.000907. The number of aliphatic hydroxyl groups is 5. The monoisotopic (exact) mass is 1650 g/mol. The van der Waals surface area contributed by atoms with Crippen LogP contribution in [0.2, 0.25) is 0 Å². The Kier molecular flexibility index (Phi) is 18.1. The summed E-state index contributed by atoms with van der Waals surface area (Å²) >= 11 is 0. The highest BCUT2D eigenvalue weighted by Crippen LogP contribution is 2.51. The Morgan fingerprint density at radius 2 is 0.638 bits per heavy atom. The number of hydrogen-bond donors (Lipinski definition) is 5. The topological polar surface area (TPSA) is 210 Å². The summed E-state index contributed by atoms with van der Waals surface area (Å²) in [6.07, 6.45) is -13.3. The van der Waals surface area contributed by atoms with Gasteiger partial charge in [-0.2, -0.15) is 0 Å². The lowest BCUT2D eigenvalue weighted by Gasteiger charge is -2.47. The average Bonchev–Trinajstić information content (AvgIpc) is 0.667. The molecule has 10 aliphatic heterocycles. The molecule has 20 nitrogen and oxygen atoms in total. The average molecular weight is 1650 g/mol. The molecule has 15 unspecified atom stereocenters. The zero-order chi connectivity index (χ0) is 117. The predicted octanol–water partition coefficient (Wildman–Crippen LogP) is 15.5. The fraction of sp³-hybridized carbons (Fsp3) is 0.688. The Balaban J connectivity index is 0.000000184. The number of hydrogen-bond acceptors (Lipinski definition) is 20. The summed E-state index contributed by atoms with van der Waals surface area (Å²) in [4.78, 5) is 8.76. The van der Waals surface area contributed by atoms with E-state index in [0.717, 1.165) is 31.3 Å². The maximum absolute atomic E-state index is 11.4. The van der Waals surface area contributed by atoms with Gasteiger partial charge in [-0.05, 0) is 271 Å². The zero-order valence-corrected chi connectivity index (χ0v) is 70.0. The van der Waals surface area contributed by atoms with Crippen molar-refractivity contribution in [3.8, 4) is 57.5 Å². The summed E-state index contributed by atoms with van der Waals surface area (Å²) in [6, 6.07) is -8.57. The van der Waals surface area contributed by atoms with E-state index in [1.807, 2.05) is 18.7 Å². The molecule has 10 aliphatic rings. The van der Waals surface area contributed by atoms with Gasteiger partial charge >= 0.3 is 0 Å². The number of nitrogens with zero attached hydrogens (tertiary/aromatic N) is 5. The van der Waals surface area contributed by atoms with Crippen molar-refractivity contribution in [2.45, 2.75) is 233 Å². The Morgan fingerprint density at radius 3 is 0.922 bits per heavy atom. The van der Waals surface area contributed by atoms with E-state index in [4.69, 9.17) is 98.1 Å². The first kappa shape index (κ1) is 52.1. The molecule has 5 aromatic rings. The molecule has 5 N–H and O–H groups in total. The van der Waals surface area contributed by atoms with Crippen LogP contribution in [0.4, 0.5) is 0 Å². The van der Waals surface area contributed by atoms with E-state index < -0.39 is 174 Å². The summed E-state index contributed by atoms with van der Waals surface area (Å²) in [5, 5.41) is 54.7. The van der Waals surface area contributed by atoms with Crippen LogP contribution in [0.1, 0.15) is 278 Å². The lowest BCUT2D eigenvalue weighted by Crippen LogP contribution is -2.48. The molecule has 15 rings (SSSR count). The molecule has 646 valence electrons. The second kappa shape index (κ2) is 40.4. The lowest BCUT2D eigenvalue weighted by atomic mass is 9.75. The van der Waals surface area contributed by atoms with Crippen molar-refractivity contribution < 1.29 is 125 Å². The molecule has 5 fully saturated rings.